The summed E-state index contributed by atoms with van der Waals surface area (Å²) < 4.78 is 8.14. The molecule has 8 heteroatoms. The summed E-state index contributed by atoms with van der Waals surface area (Å²) in [5.74, 6) is -0.214. The number of fused-ring (bicyclic) bond motifs is 3. The van der Waals surface area contributed by atoms with Crippen molar-refractivity contribution in [2.75, 3.05) is 26.2 Å². The molecule has 0 saturated heterocycles. The zero-order valence-corrected chi connectivity index (χ0v) is 14.6. The van der Waals surface area contributed by atoms with Crippen LogP contribution in [0, 0.1) is 0 Å². The van der Waals surface area contributed by atoms with Gasteiger partial charge in [-0.3, -0.25) is 14.0 Å². The van der Waals surface area contributed by atoms with Gasteiger partial charge in [0, 0.05) is 18.7 Å². The van der Waals surface area contributed by atoms with Crippen LogP contribution in [-0.2, 0) is 11.3 Å². The zero-order valence-electron chi connectivity index (χ0n) is 14.6. The molecule has 3 heterocycles. The Kier molecular flexibility index (Phi) is 5.18. The molecule has 0 saturated carbocycles. The Balaban J connectivity index is 1.61. The Hall–Kier alpha value is -2.61. The molecule has 3 aromatic heterocycles. The summed E-state index contributed by atoms with van der Waals surface area (Å²) in [4.78, 5) is 26.8. The number of furan rings is 1. The summed E-state index contributed by atoms with van der Waals surface area (Å²) in [6.07, 6.45) is 3.97. The molecule has 25 heavy (non-hydrogen) atoms. The van der Waals surface area contributed by atoms with Crippen LogP contribution in [-0.4, -0.2) is 51.2 Å². The molecule has 8 nitrogen and oxygen atoms in total. The molecule has 0 aliphatic carbocycles. The molecule has 0 atom stereocenters. The number of hydrogen-bond donors (Lipinski definition) is 1. The third-order valence-corrected chi connectivity index (χ3v) is 4.38. The fraction of sp³-hybridized carbons (Fsp3) is 0.471. The molecule has 0 fully saturated rings. The SMILES string of the molecule is CCN(CC)CCCNC(=O)Cn1ncn2c(cc3occc32)c1=O. The van der Waals surface area contributed by atoms with E-state index in [2.05, 4.69) is 29.2 Å². The number of carbonyl (C=O) groups is 1. The predicted octanol–water partition coefficient (Wildman–Crippen LogP) is 1.09. The predicted molar refractivity (Wildman–Crippen MR) is 94.6 cm³/mol. The second kappa shape index (κ2) is 7.52. The molecule has 0 unspecified atom stereocenters. The molecular weight excluding hydrogens is 322 g/mol. The lowest BCUT2D eigenvalue weighted by molar-refractivity contribution is -0.121. The molecule has 0 spiro atoms. The number of hydrogen-bond acceptors (Lipinski definition) is 5. The highest BCUT2D eigenvalue weighted by Crippen LogP contribution is 2.18. The first-order chi connectivity index (χ1) is 12.1. The minimum atomic E-state index is -0.313. The zero-order chi connectivity index (χ0) is 17.8. The first-order valence-corrected chi connectivity index (χ1v) is 8.57. The molecule has 0 aromatic carbocycles. The van der Waals surface area contributed by atoms with Crippen molar-refractivity contribution >= 4 is 22.5 Å². The number of amides is 1. The van der Waals surface area contributed by atoms with E-state index in [1.165, 1.54) is 11.0 Å². The van der Waals surface area contributed by atoms with Crippen LogP contribution in [0.4, 0.5) is 0 Å². The smallest absolute Gasteiger partial charge is 0.291 e. The topological polar surface area (TPSA) is 84.8 Å². The first-order valence-electron chi connectivity index (χ1n) is 8.57. The highest BCUT2D eigenvalue weighted by Gasteiger charge is 2.12. The van der Waals surface area contributed by atoms with Gasteiger partial charge in [-0.2, -0.15) is 5.10 Å². The van der Waals surface area contributed by atoms with Crippen molar-refractivity contribution in [3.8, 4) is 0 Å². The van der Waals surface area contributed by atoms with Gasteiger partial charge in [0.05, 0.1) is 11.8 Å². The highest BCUT2D eigenvalue weighted by atomic mass is 16.3. The molecule has 134 valence electrons. The van der Waals surface area contributed by atoms with Crippen molar-refractivity contribution in [2.24, 2.45) is 0 Å². The Morgan fingerprint density at radius 2 is 2.12 bits per heavy atom. The molecule has 3 rings (SSSR count). The van der Waals surface area contributed by atoms with Crippen LogP contribution in [0.15, 0.2) is 33.9 Å². The molecule has 0 bridgehead atoms. The number of carbonyl (C=O) groups excluding carboxylic acids is 1. The lowest BCUT2D eigenvalue weighted by Gasteiger charge is -2.17. The summed E-state index contributed by atoms with van der Waals surface area (Å²) in [7, 11) is 0. The van der Waals surface area contributed by atoms with E-state index in [1.807, 2.05) is 0 Å². The van der Waals surface area contributed by atoms with Crippen molar-refractivity contribution in [3.05, 3.63) is 35.1 Å². The number of rotatable bonds is 8. The van der Waals surface area contributed by atoms with Crippen molar-refractivity contribution in [1.29, 1.82) is 0 Å². The first kappa shape index (κ1) is 17.2. The minimum absolute atomic E-state index is 0.0901. The molecule has 3 aromatic rings. The maximum atomic E-state index is 12.5. The van der Waals surface area contributed by atoms with Crippen LogP contribution in [0.2, 0.25) is 0 Å². The molecule has 1 N–H and O–H groups in total. The normalized spacial score (nSPS) is 11.6. The Morgan fingerprint density at radius 1 is 1.32 bits per heavy atom. The van der Waals surface area contributed by atoms with E-state index < -0.39 is 0 Å². The maximum Gasteiger partial charge on any atom is 0.291 e. The van der Waals surface area contributed by atoms with E-state index in [0.717, 1.165) is 31.6 Å². The van der Waals surface area contributed by atoms with Gasteiger partial charge in [0.1, 0.15) is 18.4 Å². The quantitative estimate of drug-likeness (QED) is 0.618. The van der Waals surface area contributed by atoms with Crippen LogP contribution in [0.3, 0.4) is 0 Å². The van der Waals surface area contributed by atoms with Gasteiger partial charge >= 0.3 is 0 Å². The van der Waals surface area contributed by atoms with Crippen molar-refractivity contribution in [2.45, 2.75) is 26.8 Å². The Morgan fingerprint density at radius 3 is 2.88 bits per heavy atom. The molecular formula is C17H23N5O3. The van der Waals surface area contributed by atoms with Crippen LogP contribution >= 0.6 is 0 Å². The lowest BCUT2D eigenvalue weighted by Crippen LogP contribution is -2.35. The van der Waals surface area contributed by atoms with Crippen LogP contribution in [0.5, 0.6) is 0 Å². The van der Waals surface area contributed by atoms with Gasteiger partial charge < -0.3 is 14.6 Å². The van der Waals surface area contributed by atoms with Crippen molar-refractivity contribution in [3.63, 3.8) is 0 Å². The largest absolute Gasteiger partial charge is 0.463 e. The fourth-order valence-electron chi connectivity index (χ4n) is 2.91. The van der Waals surface area contributed by atoms with Gasteiger partial charge in [0.2, 0.25) is 5.91 Å². The third kappa shape index (κ3) is 3.58. The van der Waals surface area contributed by atoms with E-state index in [4.69, 9.17) is 4.42 Å². The van der Waals surface area contributed by atoms with Crippen LogP contribution in [0.25, 0.3) is 16.6 Å². The Labute approximate surface area is 145 Å². The van der Waals surface area contributed by atoms with Crippen LogP contribution < -0.4 is 10.9 Å². The minimum Gasteiger partial charge on any atom is -0.463 e. The van der Waals surface area contributed by atoms with Crippen molar-refractivity contribution in [1.82, 2.24) is 24.4 Å². The van der Waals surface area contributed by atoms with Gasteiger partial charge in [-0.15, -0.1) is 0 Å². The van der Waals surface area contributed by atoms with Crippen molar-refractivity contribution < 1.29 is 9.21 Å². The van der Waals surface area contributed by atoms with Gasteiger partial charge in [0.25, 0.3) is 5.56 Å². The molecule has 0 aliphatic heterocycles. The van der Waals surface area contributed by atoms with E-state index >= 15 is 0 Å². The molecule has 1 amide bonds. The van der Waals surface area contributed by atoms with Gasteiger partial charge in [-0.05, 0) is 26.1 Å². The number of aromatic nitrogens is 3. The maximum absolute atomic E-state index is 12.5. The number of nitrogens with zero attached hydrogens (tertiary/aromatic N) is 4. The summed E-state index contributed by atoms with van der Waals surface area (Å²) in [5, 5.41) is 6.93. The Bertz CT molecular complexity index is 919. The van der Waals surface area contributed by atoms with E-state index in [0.29, 0.717) is 17.6 Å². The van der Waals surface area contributed by atoms with E-state index in [-0.39, 0.29) is 18.0 Å². The highest BCUT2D eigenvalue weighted by molar-refractivity contribution is 5.82. The molecule has 0 aliphatic rings. The van der Waals surface area contributed by atoms with Crippen LogP contribution in [0.1, 0.15) is 20.3 Å². The number of nitrogens with one attached hydrogen (secondary N) is 1. The molecule has 0 radical (unpaired) electrons. The standard InChI is InChI=1S/C17H23N5O3/c1-3-20(4-2)8-5-7-18-16(23)11-22-17(24)14-10-15-13(6-9-25-15)21(14)12-19-22/h6,9-10,12H,3-5,7-8,11H2,1-2H3,(H,18,23). The van der Waals surface area contributed by atoms with Gasteiger partial charge in [0.15, 0.2) is 5.58 Å². The van der Waals surface area contributed by atoms with Gasteiger partial charge in [-0.25, -0.2) is 4.68 Å². The summed E-state index contributed by atoms with van der Waals surface area (Å²) in [6, 6.07) is 3.44. The second-order valence-electron chi connectivity index (χ2n) is 5.89. The lowest BCUT2D eigenvalue weighted by atomic mass is 10.3. The van der Waals surface area contributed by atoms with Gasteiger partial charge in [-0.1, -0.05) is 13.8 Å². The summed E-state index contributed by atoms with van der Waals surface area (Å²) >= 11 is 0. The average Bonchev–Trinajstić information content (AvgIpc) is 3.19. The monoisotopic (exact) mass is 345 g/mol. The summed E-state index contributed by atoms with van der Waals surface area (Å²) in [5.41, 5.74) is 1.54. The fourth-order valence-corrected chi connectivity index (χ4v) is 2.91. The van der Waals surface area contributed by atoms with E-state index in [1.54, 1.807) is 22.8 Å². The second-order valence-corrected chi connectivity index (χ2v) is 5.89. The average molecular weight is 345 g/mol. The third-order valence-electron chi connectivity index (χ3n) is 4.38. The van der Waals surface area contributed by atoms with E-state index in [9.17, 15) is 9.59 Å². The summed E-state index contributed by atoms with van der Waals surface area (Å²) in [6.45, 7) is 7.69.